The minimum absolute atomic E-state index is 0.334. The van der Waals surface area contributed by atoms with Gasteiger partial charge in [0.15, 0.2) is 0 Å². The highest BCUT2D eigenvalue weighted by atomic mass is 32.1. The molecule has 3 rings (SSSR count). The maximum absolute atomic E-state index is 11.9. The number of benzene rings is 1. The molecule has 136 valence electrons. The quantitative estimate of drug-likeness (QED) is 0.828. The topological polar surface area (TPSA) is 63.2 Å². The fourth-order valence-corrected chi connectivity index (χ4v) is 4.21. The largest absolute Gasteiger partial charge is 0.444 e. The third kappa shape index (κ3) is 4.84. The molecule has 1 amide bonds. The number of carbonyl (C=O) groups excluding carboxylic acids is 1. The van der Waals surface area contributed by atoms with E-state index in [1.54, 1.807) is 11.3 Å². The minimum atomic E-state index is -0.459. The zero-order chi connectivity index (χ0) is 18.0. The van der Waals surface area contributed by atoms with Gasteiger partial charge in [-0.05, 0) is 64.7 Å². The zero-order valence-corrected chi connectivity index (χ0v) is 16.2. The molecule has 5 nitrogen and oxygen atoms in total. The summed E-state index contributed by atoms with van der Waals surface area (Å²) >= 11 is 1.72. The van der Waals surface area contributed by atoms with Crippen molar-refractivity contribution in [3.05, 3.63) is 23.2 Å². The van der Waals surface area contributed by atoms with Crippen LogP contribution < -0.4 is 10.6 Å². The summed E-state index contributed by atoms with van der Waals surface area (Å²) in [6, 6.07) is 6.72. The van der Waals surface area contributed by atoms with E-state index in [-0.39, 0.29) is 6.09 Å². The Balaban J connectivity index is 1.58. The predicted octanol–water partition coefficient (Wildman–Crippen LogP) is 4.71. The average Bonchev–Trinajstić information content (AvgIpc) is 3.08. The summed E-state index contributed by atoms with van der Waals surface area (Å²) in [5.41, 5.74) is 1.73. The summed E-state index contributed by atoms with van der Waals surface area (Å²) in [6.07, 6.45) is 3.09. The van der Waals surface area contributed by atoms with Gasteiger partial charge in [-0.3, -0.25) is 0 Å². The lowest BCUT2D eigenvalue weighted by atomic mass is 10.0. The average molecular weight is 362 g/mol. The van der Waals surface area contributed by atoms with Gasteiger partial charge in [-0.2, -0.15) is 0 Å². The molecule has 2 unspecified atom stereocenters. The van der Waals surface area contributed by atoms with Gasteiger partial charge in [-0.15, -0.1) is 11.3 Å². The molecular formula is C19H27N3O2S. The number of fused-ring (bicyclic) bond motifs is 1. The van der Waals surface area contributed by atoms with Crippen molar-refractivity contribution in [1.29, 1.82) is 0 Å². The summed E-state index contributed by atoms with van der Waals surface area (Å²) in [5.74, 6) is 0.423. The zero-order valence-electron chi connectivity index (χ0n) is 15.4. The third-order valence-corrected chi connectivity index (χ3v) is 5.35. The van der Waals surface area contributed by atoms with Gasteiger partial charge in [-0.25, -0.2) is 9.78 Å². The van der Waals surface area contributed by atoms with Gasteiger partial charge in [0.1, 0.15) is 5.60 Å². The van der Waals surface area contributed by atoms with Crippen LogP contribution >= 0.6 is 11.3 Å². The second-order valence-corrected chi connectivity index (χ2v) is 8.97. The summed E-state index contributed by atoms with van der Waals surface area (Å²) in [6.45, 7) is 8.32. The first kappa shape index (κ1) is 18.0. The molecule has 0 saturated heterocycles. The van der Waals surface area contributed by atoms with E-state index in [1.165, 1.54) is 11.1 Å². The van der Waals surface area contributed by atoms with Crippen molar-refractivity contribution in [2.24, 2.45) is 5.92 Å². The van der Waals surface area contributed by atoms with Gasteiger partial charge < -0.3 is 15.4 Å². The van der Waals surface area contributed by atoms with Crippen molar-refractivity contribution in [3.63, 3.8) is 0 Å². The Labute approximate surface area is 153 Å². The normalized spacial score (nSPS) is 20.6. The fraction of sp³-hybridized carbons (Fsp3) is 0.579. The number of rotatable bonds is 4. The van der Waals surface area contributed by atoms with E-state index >= 15 is 0 Å². The number of carbonyl (C=O) groups is 1. The van der Waals surface area contributed by atoms with E-state index in [9.17, 15) is 4.79 Å². The Morgan fingerprint density at radius 1 is 1.36 bits per heavy atom. The van der Waals surface area contributed by atoms with Gasteiger partial charge in [0, 0.05) is 18.3 Å². The Bertz CT molecular complexity index is 751. The monoisotopic (exact) mass is 361 g/mol. The Morgan fingerprint density at radius 3 is 2.92 bits per heavy atom. The molecule has 25 heavy (non-hydrogen) atoms. The number of anilines is 1. The number of nitrogens with one attached hydrogen (secondary N) is 2. The highest BCUT2D eigenvalue weighted by molar-refractivity contribution is 7.18. The van der Waals surface area contributed by atoms with E-state index in [1.807, 2.05) is 27.7 Å². The van der Waals surface area contributed by atoms with Crippen LogP contribution in [0.1, 0.15) is 45.0 Å². The molecule has 0 aliphatic heterocycles. The number of hydrogen-bond acceptors (Lipinski definition) is 5. The number of thiazole rings is 1. The van der Waals surface area contributed by atoms with Crippen molar-refractivity contribution in [3.8, 4) is 0 Å². The van der Waals surface area contributed by atoms with Crippen molar-refractivity contribution < 1.29 is 9.53 Å². The molecule has 1 aromatic carbocycles. The Hall–Kier alpha value is -1.82. The lowest BCUT2D eigenvalue weighted by molar-refractivity contribution is 0.0519. The summed E-state index contributed by atoms with van der Waals surface area (Å²) in [4.78, 5) is 16.4. The van der Waals surface area contributed by atoms with E-state index in [2.05, 4.69) is 33.8 Å². The molecule has 1 heterocycles. The number of amides is 1. The predicted molar refractivity (Wildman–Crippen MR) is 103 cm³/mol. The molecule has 0 bridgehead atoms. The number of alkyl carbamates (subject to hydrolysis) is 1. The van der Waals surface area contributed by atoms with E-state index in [4.69, 9.17) is 4.74 Å². The van der Waals surface area contributed by atoms with E-state index in [0.29, 0.717) is 18.5 Å². The van der Waals surface area contributed by atoms with Crippen LogP contribution in [0.3, 0.4) is 0 Å². The molecule has 0 radical (unpaired) electrons. The first-order chi connectivity index (χ1) is 11.8. The van der Waals surface area contributed by atoms with Crippen molar-refractivity contribution in [2.45, 2.75) is 58.6 Å². The number of nitrogens with zero attached hydrogens (tertiary/aromatic N) is 1. The van der Waals surface area contributed by atoms with Gasteiger partial charge in [0.05, 0.1) is 15.2 Å². The van der Waals surface area contributed by atoms with Crippen molar-refractivity contribution >= 4 is 33.3 Å². The molecule has 1 saturated carbocycles. The number of aryl methyl sites for hydroxylation is 1. The van der Waals surface area contributed by atoms with Crippen LogP contribution in [0.25, 0.3) is 10.2 Å². The smallest absolute Gasteiger partial charge is 0.407 e. The molecule has 1 aliphatic rings. The van der Waals surface area contributed by atoms with E-state index < -0.39 is 5.60 Å². The number of hydrogen-bond donors (Lipinski definition) is 2. The first-order valence-corrected chi connectivity index (χ1v) is 9.72. The van der Waals surface area contributed by atoms with Crippen molar-refractivity contribution in [2.75, 3.05) is 11.9 Å². The minimum Gasteiger partial charge on any atom is -0.444 e. The molecule has 2 atom stereocenters. The molecule has 2 aromatic rings. The van der Waals surface area contributed by atoms with Crippen LogP contribution in [0.2, 0.25) is 0 Å². The number of aromatic nitrogens is 1. The molecule has 1 aliphatic carbocycles. The van der Waals surface area contributed by atoms with E-state index in [0.717, 1.165) is 29.1 Å². The lowest BCUT2D eigenvalue weighted by Crippen LogP contribution is -2.38. The highest BCUT2D eigenvalue weighted by Gasteiger charge is 2.28. The maximum atomic E-state index is 11.9. The van der Waals surface area contributed by atoms with Crippen LogP contribution in [-0.4, -0.2) is 29.3 Å². The highest BCUT2D eigenvalue weighted by Crippen LogP contribution is 2.30. The molecule has 1 aromatic heterocycles. The van der Waals surface area contributed by atoms with Crippen LogP contribution in [0.4, 0.5) is 10.5 Å². The summed E-state index contributed by atoms with van der Waals surface area (Å²) in [5, 5.41) is 7.66. The fourth-order valence-electron chi connectivity index (χ4n) is 3.34. The van der Waals surface area contributed by atoms with Crippen LogP contribution in [0, 0.1) is 12.8 Å². The van der Waals surface area contributed by atoms with Gasteiger partial charge in [0.2, 0.25) is 0 Å². The SMILES string of the molecule is Cc1nc2ccc(NC3CCCC3CNC(=O)OC(C)(C)C)cc2s1. The van der Waals surface area contributed by atoms with Crippen LogP contribution in [0.15, 0.2) is 18.2 Å². The summed E-state index contributed by atoms with van der Waals surface area (Å²) < 4.78 is 6.54. The molecule has 0 spiro atoms. The molecule has 2 N–H and O–H groups in total. The third-order valence-electron chi connectivity index (χ3n) is 4.41. The Morgan fingerprint density at radius 2 is 2.16 bits per heavy atom. The number of ether oxygens (including phenoxy) is 1. The van der Waals surface area contributed by atoms with Gasteiger partial charge in [-0.1, -0.05) is 6.42 Å². The molecular weight excluding hydrogens is 334 g/mol. The van der Waals surface area contributed by atoms with Crippen LogP contribution in [-0.2, 0) is 4.74 Å². The molecule has 1 fully saturated rings. The molecule has 6 heteroatoms. The second-order valence-electron chi connectivity index (χ2n) is 7.74. The first-order valence-electron chi connectivity index (χ1n) is 8.91. The lowest BCUT2D eigenvalue weighted by Gasteiger charge is -2.24. The van der Waals surface area contributed by atoms with Crippen LogP contribution in [0.5, 0.6) is 0 Å². The standard InChI is InChI=1S/C19H27N3O2S/c1-12-21-16-9-8-14(10-17(16)25-12)22-15-7-5-6-13(15)11-20-18(23)24-19(2,3)4/h8-10,13,15,22H,5-7,11H2,1-4H3,(H,20,23). The second kappa shape index (κ2) is 7.20. The maximum Gasteiger partial charge on any atom is 0.407 e. The van der Waals surface area contributed by atoms with Gasteiger partial charge in [0.25, 0.3) is 0 Å². The van der Waals surface area contributed by atoms with Crippen molar-refractivity contribution in [1.82, 2.24) is 10.3 Å². The summed E-state index contributed by atoms with van der Waals surface area (Å²) in [7, 11) is 0. The Kier molecular flexibility index (Phi) is 5.18. The van der Waals surface area contributed by atoms with Gasteiger partial charge >= 0.3 is 6.09 Å².